The van der Waals surface area contributed by atoms with Gasteiger partial charge in [0.05, 0.1) is 24.1 Å². The number of nitrogens with zero attached hydrogens (tertiary/aromatic N) is 2. The molecule has 1 N–H and O–H groups in total. The van der Waals surface area contributed by atoms with Crippen LogP contribution in [0.2, 0.25) is 0 Å². The van der Waals surface area contributed by atoms with Crippen LogP contribution in [0.4, 0.5) is 0 Å². The molecule has 5 heteroatoms. The van der Waals surface area contributed by atoms with E-state index in [2.05, 4.69) is 34.8 Å². The summed E-state index contributed by atoms with van der Waals surface area (Å²) in [5, 5.41) is 2.82. The summed E-state index contributed by atoms with van der Waals surface area (Å²) in [6.45, 7) is 7.28. The minimum Gasteiger partial charge on any atom is -0.491 e. The van der Waals surface area contributed by atoms with E-state index < -0.39 is 0 Å². The number of amides is 1. The van der Waals surface area contributed by atoms with Gasteiger partial charge in [-0.25, -0.2) is 4.98 Å². The zero-order valence-electron chi connectivity index (χ0n) is 14.9. The summed E-state index contributed by atoms with van der Waals surface area (Å²) in [5.41, 5.74) is 4.36. The molecular weight excluding hydrogens is 314 g/mol. The molecule has 0 radical (unpaired) electrons. The number of para-hydroxylation sites is 2. The summed E-state index contributed by atoms with van der Waals surface area (Å²) in [5.74, 6) is 1.68. The number of ether oxygens (including phenoxy) is 1. The Hall–Kier alpha value is -2.82. The van der Waals surface area contributed by atoms with Crippen molar-refractivity contribution in [1.29, 1.82) is 0 Å². The second-order valence-corrected chi connectivity index (χ2v) is 6.12. The molecule has 0 unspecified atom stereocenters. The second kappa shape index (κ2) is 7.38. The van der Waals surface area contributed by atoms with Crippen LogP contribution in [0.3, 0.4) is 0 Å². The highest BCUT2D eigenvalue weighted by Crippen LogP contribution is 2.21. The number of aryl methyl sites for hydroxylation is 1. The molecule has 0 aliphatic carbocycles. The molecule has 2 aromatic carbocycles. The lowest BCUT2D eigenvalue weighted by Crippen LogP contribution is -2.22. The number of carbonyl (C=O) groups excluding carboxylic acids is 1. The number of rotatable bonds is 6. The molecule has 1 aromatic heterocycles. The lowest BCUT2D eigenvalue weighted by Gasteiger charge is -2.13. The van der Waals surface area contributed by atoms with E-state index in [1.807, 2.05) is 36.4 Å². The molecule has 1 heterocycles. The van der Waals surface area contributed by atoms with Gasteiger partial charge >= 0.3 is 0 Å². The van der Waals surface area contributed by atoms with Gasteiger partial charge in [-0.15, -0.1) is 0 Å². The van der Waals surface area contributed by atoms with E-state index in [4.69, 9.17) is 4.74 Å². The predicted molar refractivity (Wildman–Crippen MR) is 98.7 cm³/mol. The Morgan fingerprint density at radius 1 is 1.16 bits per heavy atom. The van der Waals surface area contributed by atoms with E-state index in [1.165, 1.54) is 12.5 Å². The number of benzene rings is 2. The quantitative estimate of drug-likeness (QED) is 0.750. The van der Waals surface area contributed by atoms with Crippen LogP contribution in [0.25, 0.3) is 11.0 Å². The van der Waals surface area contributed by atoms with Crippen LogP contribution in [-0.2, 0) is 17.9 Å². The largest absolute Gasteiger partial charge is 0.491 e. The van der Waals surface area contributed by atoms with E-state index in [0.29, 0.717) is 19.7 Å². The van der Waals surface area contributed by atoms with Crippen molar-refractivity contribution in [3.05, 3.63) is 59.4 Å². The van der Waals surface area contributed by atoms with E-state index >= 15 is 0 Å². The first kappa shape index (κ1) is 17.0. The second-order valence-electron chi connectivity index (χ2n) is 6.12. The van der Waals surface area contributed by atoms with Gasteiger partial charge in [0, 0.05) is 6.92 Å². The smallest absolute Gasteiger partial charge is 0.217 e. The monoisotopic (exact) mass is 337 g/mol. The molecule has 0 aliphatic heterocycles. The zero-order chi connectivity index (χ0) is 17.8. The number of nitrogens with one attached hydrogen (secondary N) is 1. The number of fused-ring (bicyclic) bond motifs is 1. The summed E-state index contributed by atoms with van der Waals surface area (Å²) in [7, 11) is 0. The summed E-state index contributed by atoms with van der Waals surface area (Å²) >= 11 is 0. The molecule has 3 rings (SSSR count). The summed E-state index contributed by atoms with van der Waals surface area (Å²) < 4.78 is 8.09. The van der Waals surface area contributed by atoms with Crippen LogP contribution in [0.5, 0.6) is 5.75 Å². The molecular formula is C20H23N3O2. The molecule has 1 amide bonds. The fourth-order valence-electron chi connectivity index (χ4n) is 2.84. The van der Waals surface area contributed by atoms with Crippen LogP contribution >= 0.6 is 0 Å². The minimum absolute atomic E-state index is 0.0646. The fourth-order valence-corrected chi connectivity index (χ4v) is 2.84. The van der Waals surface area contributed by atoms with E-state index in [9.17, 15) is 4.79 Å². The van der Waals surface area contributed by atoms with Crippen molar-refractivity contribution in [2.45, 2.75) is 33.9 Å². The normalized spacial score (nSPS) is 10.8. The Morgan fingerprint density at radius 3 is 2.76 bits per heavy atom. The van der Waals surface area contributed by atoms with Crippen LogP contribution in [0, 0.1) is 13.8 Å². The van der Waals surface area contributed by atoms with Gasteiger partial charge in [0.15, 0.2) is 0 Å². The Labute approximate surface area is 147 Å². The summed E-state index contributed by atoms with van der Waals surface area (Å²) in [4.78, 5) is 15.9. The molecule has 0 bridgehead atoms. The predicted octanol–water partition coefficient (Wildman–Crippen LogP) is 3.37. The standard InChI is InChI=1S/C20H23N3O2/c1-14-7-6-10-19(15(14)2)25-12-11-23-18-9-5-4-8-17(18)22-20(23)13-21-16(3)24/h4-10H,11-13H2,1-3H3,(H,21,24). The van der Waals surface area contributed by atoms with Crippen LogP contribution in [0.15, 0.2) is 42.5 Å². The third-order valence-corrected chi connectivity index (χ3v) is 4.36. The number of hydrogen-bond donors (Lipinski definition) is 1. The fraction of sp³-hybridized carbons (Fsp3) is 0.300. The maximum Gasteiger partial charge on any atom is 0.217 e. The molecule has 3 aromatic rings. The van der Waals surface area contributed by atoms with Crippen molar-refractivity contribution in [3.8, 4) is 5.75 Å². The molecule has 0 aliphatic rings. The van der Waals surface area contributed by atoms with Gasteiger partial charge in [-0.3, -0.25) is 4.79 Å². The molecule has 0 spiro atoms. The maximum atomic E-state index is 11.2. The average Bonchev–Trinajstić information content (AvgIpc) is 2.95. The third kappa shape index (κ3) is 3.82. The first-order valence-electron chi connectivity index (χ1n) is 8.44. The molecule has 0 fully saturated rings. The number of hydrogen-bond acceptors (Lipinski definition) is 3. The lowest BCUT2D eigenvalue weighted by atomic mass is 10.1. The molecule has 130 valence electrons. The summed E-state index contributed by atoms with van der Waals surface area (Å²) in [6, 6.07) is 14.1. The SMILES string of the molecule is CC(=O)NCc1nc2ccccc2n1CCOc1cccc(C)c1C. The van der Waals surface area contributed by atoms with Gasteiger partial charge < -0.3 is 14.6 Å². The van der Waals surface area contributed by atoms with Crippen molar-refractivity contribution in [3.63, 3.8) is 0 Å². The third-order valence-electron chi connectivity index (χ3n) is 4.36. The van der Waals surface area contributed by atoms with Crippen LogP contribution < -0.4 is 10.1 Å². The van der Waals surface area contributed by atoms with Crippen LogP contribution in [-0.4, -0.2) is 22.1 Å². The lowest BCUT2D eigenvalue weighted by molar-refractivity contribution is -0.119. The van der Waals surface area contributed by atoms with E-state index in [1.54, 1.807) is 0 Å². The molecule has 0 saturated carbocycles. The molecule has 0 atom stereocenters. The van der Waals surface area contributed by atoms with Crippen LogP contribution in [0.1, 0.15) is 23.9 Å². The number of carbonyl (C=O) groups is 1. The van der Waals surface area contributed by atoms with Crippen molar-refractivity contribution in [1.82, 2.24) is 14.9 Å². The Balaban J connectivity index is 1.78. The van der Waals surface area contributed by atoms with E-state index in [-0.39, 0.29) is 5.91 Å². The van der Waals surface area contributed by atoms with Gasteiger partial charge in [-0.05, 0) is 43.2 Å². The van der Waals surface area contributed by atoms with Gasteiger partial charge in [-0.2, -0.15) is 0 Å². The van der Waals surface area contributed by atoms with Gasteiger partial charge in [0.1, 0.15) is 18.2 Å². The minimum atomic E-state index is -0.0646. The Bertz CT molecular complexity index is 899. The van der Waals surface area contributed by atoms with Crippen molar-refractivity contribution < 1.29 is 9.53 Å². The zero-order valence-corrected chi connectivity index (χ0v) is 14.9. The summed E-state index contributed by atoms with van der Waals surface area (Å²) in [6.07, 6.45) is 0. The number of aromatic nitrogens is 2. The highest BCUT2D eigenvalue weighted by atomic mass is 16.5. The Kier molecular flexibility index (Phi) is 5.03. The first-order chi connectivity index (χ1) is 12.1. The van der Waals surface area contributed by atoms with Crippen molar-refractivity contribution in [2.75, 3.05) is 6.61 Å². The van der Waals surface area contributed by atoms with Crippen molar-refractivity contribution >= 4 is 16.9 Å². The first-order valence-corrected chi connectivity index (χ1v) is 8.44. The maximum absolute atomic E-state index is 11.2. The highest BCUT2D eigenvalue weighted by Gasteiger charge is 2.11. The average molecular weight is 337 g/mol. The highest BCUT2D eigenvalue weighted by molar-refractivity contribution is 5.76. The molecule has 5 nitrogen and oxygen atoms in total. The number of imidazole rings is 1. The topological polar surface area (TPSA) is 56.2 Å². The molecule has 25 heavy (non-hydrogen) atoms. The Morgan fingerprint density at radius 2 is 1.96 bits per heavy atom. The van der Waals surface area contributed by atoms with Crippen molar-refractivity contribution in [2.24, 2.45) is 0 Å². The van der Waals surface area contributed by atoms with Gasteiger partial charge in [0.25, 0.3) is 0 Å². The molecule has 0 saturated heterocycles. The van der Waals surface area contributed by atoms with E-state index in [0.717, 1.165) is 28.2 Å². The van der Waals surface area contributed by atoms with Gasteiger partial charge in [-0.1, -0.05) is 24.3 Å². The van der Waals surface area contributed by atoms with Gasteiger partial charge in [0.2, 0.25) is 5.91 Å².